The average Bonchev–Trinajstić information content (AvgIpc) is 2.53. The molecule has 0 radical (unpaired) electrons. The Morgan fingerprint density at radius 3 is 2.65 bits per heavy atom. The molecule has 0 bridgehead atoms. The minimum atomic E-state index is -1.09. The van der Waals surface area contributed by atoms with E-state index in [-0.39, 0.29) is 0 Å². The predicted molar refractivity (Wildman–Crippen MR) is 82.3 cm³/mol. The normalized spacial score (nSPS) is 19.4. The van der Waals surface area contributed by atoms with Crippen LogP contribution < -0.4 is 5.73 Å². The first-order valence-electron chi connectivity index (χ1n) is 7.09. The molecule has 0 amide bonds. The van der Waals surface area contributed by atoms with Crippen molar-refractivity contribution in [3.63, 3.8) is 0 Å². The summed E-state index contributed by atoms with van der Waals surface area (Å²) in [4.78, 5) is 1.76. The Bertz CT molecular complexity index is 624. The van der Waals surface area contributed by atoms with Gasteiger partial charge in [-0.3, -0.25) is 0 Å². The summed E-state index contributed by atoms with van der Waals surface area (Å²) < 4.78 is 12.6. The van der Waals surface area contributed by atoms with Gasteiger partial charge in [-0.25, -0.2) is 4.21 Å². The minimum Gasteiger partial charge on any atom is -0.330 e. The van der Waals surface area contributed by atoms with Gasteiger partial charge >= 0.3 is 0 Å². The zero-order valence-corrected chi connectivity index (χ0v) is 12.2. The fraction of sp³-hybridized carbons (Fsp3) is 0.294. The predicted octanol–water partition coefficient (Wildman–Crippen LogP) is 3.23. The molecule has 1 aliphatic rings. The molecule has 2 atom stereocenters. The van der Waals surface area contributed by atoms with Gasteiger partial charge < -0.3 is 5.73 Å². The van der Waals surface area contributed by atoms with Crippen molar-refractivity contribution < 1.29 is 4.21 Å². The van der Waals surface area contributed by atoms with E-state index in [1.165, 1.54) is 24.0 Å². The Hall–Kier alpha value is -1.45. The van der Waals surface area contributed by atoms with Gasteiger partial charge in [0.05, 0.1) is 10.8 Å². The minimum absolute atomic E-state index is 0.470. The van der Waals surface area contributed by atoms with Crippen molar-refractivity contribution in [3.8, 4) is 0 Å². The molecule has 0 spiro atoms. The summed E-state index contributed by atoms with van der Waals surface area (Å²) in [6.45, 7) is 0.703. The quantitative estimate of drug-likeness (QED) is 0.941. The molecule has 1 aliphatic carbocycles. The first-order chi connectivity index (χ1) is 9.79. The number of fused-ring (bicyclic) bond motifs is 1. The first kappa shape index (κ1) is 13.5. The number of hydrogen-bond acceptors (Lipinski definition) is 2. The lowest BCUT2D eigenvalue weighted by molar-refractivity contribution is 0.559. The fourth-order valence-electron chi connectivity index (χ4n) is 2.93. The number of rotatable bonds is 3. The maximum Gasteiger partial charge on any atom is 0.0849 e. The molecular weight excluding hydrogens is 266 g/mol. The number of benzene rings is 2. The summed E-state index contributed by atoms with van der Waals surface area (Å²) in [5, 5.41) is 0. The summed E-state index contributed by atoms with van der Waals surface area (Å²) in [7, 11) is -1.09. The van der Waals surface area contributed by atoms with Crippen LogP contribution in [0.1, 0.15) is 29.9 Å². The average molecular weight is 285 g/mol. The number of nitrogens with two attached hydrogens (primary N) is 1. The molecule has 0 saturated heterocycles. The Kier molecular flexibility index (Phi) is 3.99. The van der Waals surface area contributed by atoms with Crippen LogP contribution in [0, 0.1) is 0 Å². The largest absolute Gasteiger partial charge is 0.330 e. The maximum absolute atomic E-state index is 12.6. The Balaban J connectivity index is 1.95. The summed E-state index contributed by atoms with van der Waals surface area (Å²) in [5.74, 6) is 0.470. The van der Waals surface area contributed by atoms with Gasteiger partial charge in [-0.1, -0.05) is 24.3 Å². The molecule has 3 heteroatoms. The molecule has 2 N–H and O–H groups in total. The summed E-state index contributed by atoms with van der Waals surface area (Å²) in [6.07, 6.45) is 3.42. The maximum atomic E-state index is 12.6. The second kappa shape index (κ2) is 5.90. The lowest BCUT2D eigenvalue weighted by Crippen LogP contribution is -2.18. The SMILES string of the molecule is NCC1CCCc2cc(S(=O)c3ccccc3)ccc21. The van der Waals surface area contributed by atoms with Crippen LogP contribution in [-0.2, 0) is 17.2 Å². The standard InChI is InChI=1S/C17H19NOS/c18-12-14-6-4-5-13-11-16(9-10-17(13)14)20(19)15-7-2-1-3-8-15/h1-3,7-11,14H,4-6,12,18H2. The summed E-state index contributed by atoms with van der Waals surface area (Å²) >= 11 is 0. The van der Waals surface area contributed by atoms with Crippen molar-refractivity contribution in [2.24, 2.45) is 5.73 Å². The summed E-state index contributed by atoms with van der Waals surface area (Å²) in [6, 6.07) is 15.9. The van der Waals surface area contributed by atoms with Gasteiger partial charge in [-0.2, -0.15) is 0 Å². The van der Waals surface area contributed by atoms with E-state index in [1.807, 2.05) is 36.4 Å². The van der Waals surface area contributed by atoms with Crippen LogP contribution in [0.15, 0.2) is 58.3 Å². The number of hydrogen-bond donors (Lipinski definition) is 1. The highest BCUT2D eigenvalue weighted by Gasteiger charge is 2.20. The third kappa shape index (κ3) is 2.56. The topological polar surface area (TPSA) is 43.1 Å². The smallest absolute Gasteiger partial charge is 0.0849 e. The molecule has 0 saturated carbocycles. The molecule has 104 valence electrons. The molecule has 20 heavy (non-hydrogen) atoms. The molecule has 2 aromatic carbocycles. The van der Waals surface area contributed by atoms with E-state index in [4.69, 9.17) is 5.73 Å². The van der Waals surface area contributed by atoms with Gasteiger partial charge in [0, 0.05) is 9.79 Å². The zero-order chi connectivity index (χ0) is 13.9. The Labute approximate surface area is 122 Å². The van der Waals surface area contributed by atoms with Gasteiger partial charge in [0.2, 0.25) is 0 Å². The van der Waals surface area contributed by atoms with Gasteiger partial charge in [-0.15, -0.1) is 0 Å². The third-order valence-electron chi connectivity index (χ3n) is 4.01. The first-order valence-corrected chi connectivity index (χ1v) is 8.24. The molecule has 2 nitrogen and oxygen atoms in total. The zero-order valence-electron chi connectivity index (χ0n) is 11.4. The van der Waals surface area contributed by atoms with Crippen LogP contribution in [0.25, 0.3) is 0 Å². The number of aryl methyl sites for hydroxylation is 1. The van der Waals surface area contributed by atoms with Crippen molar-refractivity contribution in [3.05, 3.63) is 59.7 Å². The second-order valence-electron chi connectivity index (χ2n) is 5.27. The van der Waals surface area contributed by atoms with Crippen LogP contribution >= 0.6 is 0 Å². The van der Waals surface area contributed by atoms with Crippen LogP contribution in [0.5, 0.6) is 0 Å². The Morgan fingerprint density at radius 1 is 1.10 bits per heavy atom. The highest BCUT2D eigenvalue weighted by molar-refractivity contribution is 7.85. The molecule has 0 fully saturated rings. The van der Waals surface area contributed by atoms with E-state index in [0.29, 0.717) is 12.5 Å². The molecular formula is C17H19NOS. The molecule has 0 aliphatic heterocycles. The van der Waals surface area contributed by atoms with E-state index >= 15 is 0 Å². The highest BCUT2D eigenvalue weighted by Crippen LogP contribution is 2.32. The van der Waals surface area contributed by atoms with Crippen molar-refractivity contribution in [1.29, 1.82) is 0 Å². The van der Waals surface area contributed by atoms with Crippen LogP contribution in [0.3, 0.4) is 0 Å². The summed E-state index contributed by atoms with van der Waals surface area (Å²) in [5.41, 5.74) is 8.53. The van der Waals surface area contributed by atoms with Crippen molar-refractivity contribution in [2.45, 2.75) is 35.0 Å². The van der Waals surface area contributed by atoms with Gasteiger partial charge in [0.15, 0.2) is 0 Å². The third-order valence-corrected chi connectivity index (χ3v) is 5.39. The van der Waals surface area contributed by atoms with Crippen LogP contribution in [0.4, 0.5) is 0 Å². The Morgan fingerprint density at radius 2 is 1.90 bits per heavy atom. The molecule has 3 rings (SSSR count). The molecule has 2 unspecified atom stereocenters. The van der Waals surface area contributed by atoms with Crippen molar-refractivity contribution in [2.75, 3.05) is 6.54 Å². The van der Waals surface area contributed by atoms with E-state index in [9.17, 15) is 4.21 Å². The fourth-order valence-corrected chi connectivity index (χ4v) is 4.05. The second-order valence-corrected chi connectivity index (χ2v) is 6.75. The van der Waals surface area contributed by atoms with Gasteiger partial charge in [0.25, 0.3) is 0 Å². The van der Waals surface area contributed by atoms with E-state index in [2.05, 4.69) is 12.1 Å². The monoisotopic (exact) mass is 285 g/mol. The van der Waals surface area contributed by atoms with Gasteiger partial charge in [-0.05, 0) is 67.1 Å². The van der Waals surface area contributed by atoms with E-state index < -0.39 is 10.8 Å². The van der Waals surface area contributed by atoms with Gasteiger partial charge in [0.1, 0.15) is 0 Å². The lowest BCUT2D eigenvalue weighted by Gasteiger charge is -2.24. The lowest BCUT2D eigenvalue weighted by atomic mass is 9.83. The van der Waals surface area contributed by atoms with E-state index in [0.717, 1.165) is 16.2 Å². The van der Waals surface area contributed by atoms with Crippen molar-refractivity contribution in [1.82, 2.24) is 0 Å². The molecule has 0 heterocycles. The molecule has 2 aromatic rings. The van der Waals surface area contributed by atoms with E-state index in [1.54, 1.807) is 0 Å². The highest BCUT2D eigenvalue weighted by atomic mass is 32.2. The van der Waals surface area contributed by atoms with Crippen LogP contribution in [0.2, 0.25) is 0 Å². The molecule has 0 aromatic heterocycles. The van der Waals surface area contributed by atoms with Crippen molar-refractivity contribution >= 4 is 10.8 Å². The van der Waals surface area contributed by atoms with Crippen LogP contribution in [-0.4, -0.2) is 10.8 Å².